The van der Waals surface area contributed by atoms with Gasteiger partial charge < -0.3 is 0 Å². The first-order valence-electron chi connectivity index (χ1n) is 7.45. The van der Waals surface area contributed by atoms with Crippen LogP contribution in [-0.2, 0) is 4.79 Å². The molecule has 2 aromatic rings. The Labute approximate surface area is 130 Å². The molecule has 0 aliphatic carbocycles. The Morgan fingerprint density at radius 3 is 2.18 bits per heavy atom. The van der Waals surface area contributed by atoms with Gasteiger partial charge in [-0.1, -0.05) is 62.4 Å². The Bertz CT molecular complexity index is 680. The molecule has 0 bridgehead atoms. The van der Waals surface area contributed by atoms with Gasteiger partial charge in [0, 0.05) is 5.56 Å². The maximum absolute atomic E-state index is 12.7. The Balaban J connectivity index is 1.95. The van der Waals surface area contributed by atoms with E-state index in [0.29, 0.717) is 5.84 Å². The number of carbonyl (C=O) groups excluding carboxylic acids is 1. The first-order chi connectivity index (χ1) is 10.7. The summed E-state index contributed by atoms with van der Waals surface area (Å²) in [7, 11) is 0. The van der Waals surface area contributed by atoms with Crippen LogP contribution in [-0.4, -0.2) is 22.8 Å². The summed E-state index contributed by atoms with van der Waals surface area (Å²) in [5, 5.41) is 1.56. The normalized spacial score (nSPS) is 17.8. The molecular weight excluding hydrogens is 274 g/mol. The molecule has 0 unspecified atom stereocenters. The van der Waals surface area contributed by atoms with E-state index < -0.39 is 0 Å². The van der Waals surface area contributed by atoms with Crippen molar-refractivity contribution in [3.05, 3.63) is 66.2 Å². The summed E-state index contributed by atoms with van der Waals surface area (Å²) in [5.41, 5.74) is 4.97. The number of hydrogen-bond acceptors (Lipinski definition) is 3. The number of aliphatic imine (C=N–C) groups is 1. The topological polar surface area (TPSA) is 44.7 Å². The monoisotopic (exact) mass is 293 g/mol. The average molecular weight is 293 g/mol. The maximum Gasteiger partial charge on any atom is 0.272 e. The quantitative estimate of drug-likeness (QED) is 0.939. The molecule has 3 rings (SSSR count). The molecular formula is C18H19N3O. The van der Waals surface area contributed by atoms with Gasteiger partial charge in [-0.05, 0) is 18.1 Å². The van der Waals surface area contributed by atoms with Crippen molar-refractivity contribution in [1.82, 2.24) is 5.01 Å². The van der Waals surface area contributed by atoms with Crippen molar-refractivity contribution < 1.29 is 4.79 Å². The SMILES string of the molecule is CC(C)[C@@H]1N=C(c2ccccc2)N(Nc2ccccc2)C1=O. The predicted octanol–water partition coefficient (Wildman–Crippen LogP) is 3.33. The molecule has 1 amide bonds. The Morgan fingerprint density at radius 1 is 1.00 bits per heavy atom. The van der Waals surface area contributed by atoms with Crippen molar-refractivity contribution >= 4 is 17.4 Å². The van der Waals surface area contributed by atoms with E-state index in [1.807, 2.05) is 74.5 Å². The van der Waals surface area contributed by atoms with Gasteiger partial charge in [0.15, 0.2) is 5.84 Å². The number of amides is 1. The number of benzene rings is 2. The molecule has 112 valence electrons. The Morgan fingerprint density at radius 2 is 1.59 bits per heavy atom. The van der Waals surface area contributed by atoms with E-state index in [1.165, 1.54) is 0 Å². The van der Waals surface area contributed by atoms with Crippen molar-refractivity contribution in [2.75, 3.05) is 5.43 Å². The molecule has 1 N–H and O–H groups in total. The van der Waals surface area contributed by atoms with Crippen LogP contribution in [0.5, 0.6) is 0 Å². The number of rotatable bonds is 4. The van der Waals surface area contributed by atoms with E-state index in [1.54, 1.807) is 5.01 Å². The van der Waals surface area contributed by atoms with Gasteiger partial charge in [0.2, 0.25) is 0 Å². The summed E-state index contributed by atoms with van der Waals surface area (Å²) in [5.74, 6) is 0.819. The molecule has 1 atom stereocenters. The number of hydrazine groups is 1. The minimum atomic E-state index is -0.341. The molecule has 0 radical (unpaired) electrons. The van der Waals surface area contributed by atoms with E-state index in [-0.39, 0.29) is 17.9 Å². The van der Waals surface area contributed by atoms with Gasteiger partial charge in [-0.25, -0.2) is 5.01 Å². The third-order valence-electron chi connectivity index (χ3n) is 3.62. The second-order valence-corrected chi connectivity index (χ2v) is 5.66. The van der Waals surface area contributed by atoms with Crippen LogP contribution in [0.2, 0.25) is 0 Å². The van der Waals surface area contributed by atoms with E-state index in [0.717, 1.165) is 11.3 Å². The highest BCUT2D eigenvalue weighted by Gasteiger charge is 2.37. The molecule has 0 fully saturated rings. The molecule has 1 heterocycles. The number of nitrogens with one attached hydrogen (secondary N) is 1. The van der Waals surface area contributed by atoms with Crippen LogP contribution in [0.3, 0.4) is 0 Å². The molecule has 0 saturated heterocycles. The molecule has 22 heavy (non-hydrogen) atoms. The minimum Gasteiger partial charge on any atom is -0.290 e. The Kier molecular flexibility index (Phi) is 3.92. The molecule has 1 aliphatic heterocycles. The van der Waals surface area contributed by atoms with Crippen molar-refractivity contribution in [2.24, 2.45) is 10.9 Å². The second kappa shape index (κ2) is 6.02. The lowest BCUT2D eigenvalue weighted by molar-refractivity contribution is -0.127. The molecule has 4 nitrogen and oxygen atoms in total. The summed E-state index contributed by atoms with van der Waals surface area (Å²) in [6.07, 6.45) is 0. The van der Waals surface area contributed by atoms with Crippen LogP contribution < -0.4 is 5.43 Å². The van der Waals surface area contributed by atoms with E-state index in [4.69, 9.17) is 0 Å². The fraction of sp³-hybridized carbons (Fsp3) is 0.222. The summed E-state index contributed by atoms with van der Waals surface area (Å²) < 4.78 is 0. The number of hydrogen-bond donors (Lipinski definition) is 1. The zero-order valence-electron chi connectivity index (χ0n) is 12.7. The van der Waals surface area contributed by atoms with Crippen LogP contribution >= 0.6 is 0 Å². The largest absolute Gasteiger partial charge is 0.290 e. The van der Waals surface area contributed by atoms with Crippen LogP contribution in [0, 0.1) is 5.92 Å². The second-order valence-electron chi connectivity index (χ2n) is 5.66. The van der Waals surface area contributed by atoms with Gasteiger partial charge in [0.1, 0.15) is 6.04 Å². The van der Waals surface area contributed by atoms with E-state index in [9.17, 15) is 4.79 Å². The first-order valence-corrected chi connectivity index (χ1v) is 7.45. The number of nitrogens with zero attached hydrogens (tertiary/aromatic N) is 2. The van der Waals surface area contributed by atoms with E-state index >= 15 is 0 Å². The van der Waals surface area contributed by atoms with Crippen LogP contribution in [0.15, 0.2) is 65.7 Å². The summed E-state index contributed by atoms with van der Waals surface area (Å²) in [6, 6.07) is 19.1. The lowest BCUT2D eigenvalue weighted by Gasteiger charge is -2.21. The van der Waals surface area contributed by atoms with Crippen molar-refractivity contribution in [2.45, 2.75) is 19.9 Å². The zero-order chi connectivity index (χ0) is 15.5. The third-order valence-corrected chi connectivity index (χ3v) is 3.62. The number of carbonyl (C=O) groups is 1. The highest BCUT2D eigenvalue weighted by Crippen LogP contribution is 2.23. The fourth-order valence-electron chi connectivity index (χ4n) is 2.46. The lowest BCUT2D eigenvalue weighted by Crippen LogP contribution is -2.41. The van der Waals surface area contributed by atoms with E-state index in [2.05, 4.69) is 10.4 Å². The van der Waals surface area contributed by atoms with Gasteiger partial charge in [0.05, 0.1) is 5.69 Å². The fourth-order valence-corrected chi connectivity index (χ4v) is 2.46. The molecule has 0 saturated carbocycles. The molecule has 2 aromatic carbocycles. The van der Waals surface area contributed by atoms with Gasteiger partial charge in [-0.2, -0.15) is 0 Å². The van der Waals surface area contributed by atoms with Crippen LogP contribution in [0.4, 0.5) is 5.69 Å². The molecule has 1 aliphatic rings. The van der Waals surface area contributed by atoms with Crippen molar-refractivity contribution in [3.63, 3.8) is 0 Å². The van der Waals surface area contributed by atoms with Gasteiger partial charge in [0.25, 0.3) is 5.91 Å². The third kappa shape index (κ3) is 2.72. The number of para-hydroxylation sites is 1. The van der Waals surface area contributed by atoms with Crippen LogP contribution in [0.25, 0.3) is 0 Å². The predicted molar refractivity (Wildman–Crippen MR) is 88.5 cm³/mol. The average Bonchev–Trinajstić information content (AvgIpc) is 2.87. The molecule has 0 aromatic heterocycles. The van der Waals surface area contributed by atoms with Gasteiger partial charge in [-0.15, -0.1) is 0 Å². The minimum absolute atomic E-state index is 0.0160. The highest BCUT2D eigenvalue weighted by molar-refractivity contribution is 6.14. The van der Waals surface area contributed by atoms with Crippen molar-refractivity contribution in [1.29, 1.82) is 0 Å². The highest BCUT2D eigenvalue weighted by atomic mass is 16.2. The van der Waals surface area contributed by atoms with Crippen LogP contribution in [0.1, 0.15) is 19.4 Å². The lowest BCUT2D eigenvalue weighted by atomic mass is 10.1. The standard InChI is InChI=1S/C18H19N3O/c1-13(2)16-18(22)21(20-15-11-7-4-8-12-15)17(19-16)14-9-5-3-6-10-14/h3-13,16,20H,1-2H3/t16-/m0/s1. The smallest absolute Gasteiger partial charge is 0.272 e. The van der Waals surface area contributed by atoms with Gasteiger partial charge in [-0.3, -0.25) is 15.2 Å². The number of amidine groups is 1. The van der Waals surface area contributed by atoms with Gasteiger partial charge >= 0.3 is 0 Å². The maximum atomic E-state index is 12.7. The first kappa shape index (κ1) is 14.3. The summed E-state index contributed by atoms with van der Waals surface area (Å²) >= 11 is 0. The Hall–Kier alpha value is -2.62. The summed E-state index contributed by atoms with van der Waals surface area (Å²) in [4.78, 5) is 17.3. The zero-order valence-corrected chi connectivity index (χ0v) is 12.7. The molecule has 0 spiro atoms. The molecule has 4 heteroatoms. The number of anilines is 1. The van der Waals surface area contributed by atoms with Crippen molar-refractivity contribution in [3.8, 4) is 0 Å². The summed E-state index contributed by atoms with van der Waals surface area (Å²) in [6.45, 7) is 4.03.